The molecule has 0 saturated carbocycles. The molecular formula is C26H29N5O. The lowest BCUT2D eigenvalue weighted by atomic mass is 10.1. The third kappa shape index (κ3) is 4.90. The van der Waals surface area contributed by atoms with E-state index in [0.717, 1.165) is 61.8 Å². The lowest BCUT2D eigenvalue weighted by Gasteiger charge is -2.22. The van der Waals surface area contributed by atoms with E-state index in [1.54, 1.807) is 0 Å². The van der Waals surface area contributed by atoms with E-state index in [1.165, 1.54) is 5.56 Å². The number of rotatable bonds is 5. The Morgan fingerprint density at radius 2 is 1.75 bits per heavy atom. The molecule has 0 atom stereocenters. The van der Waals surface area contributed by atoms with E-state index in [-0.39, 0.29) is 5.91 Å². The van der Waals surface area contributed by atoms with Crippen molar-refractivity contribution in [2.24, 2.45) is 0 Å². The van der Waals surface area contributed by atoms with Gasteiger partial charge >= 0.3 is 0 Å². The SMILES string of the molecule is Cc1nn(-c2ccccc2)c(C)c1CC(=O)N1CCCN(Cc2ccc(C#N)cc2)CC1. The lowest BCUT2D eigenvalue weighted by Crippen LogP contribution is -2.36. The topological polar surface area (TPSA) is 65.2 Å². The summed E-state index contributed by atoms with van der Waals surface area (Å²) in [6.45, 7) is 8.21. The van der Waals surface area contributed by atoms with E-state index < -0.39 is 0 Å². The molecule has 6 heteroatoms. The van der Waals surface area contributed by atoms with Gasteiger partial charge in [-0.15, -0.1) is 0 Å². The van der Waals surface area contributed by atoms with E-state index >= 15 is 0 Å². The molecule has 0 unspecified atom stereocenters. The first kappa shape index (κ1) is 21.8. The monoisotopic (exact) mass is 427 g/mol. The molecule has 1 amide bonds. The largest absolute Gasteiger partial charge is 0.341 e. The maximum atomic E-state index is 13.1. The fourth-order valence-corrected chi connectivity index (χ4v) is 4.34. The molecule has 1 aliphatic rings. The molecule has 6 nitrogen and oxygen atoms in total. The second-order valence-electron chi connectivity index (χ2n) is 8.39. The van der Waals surface area contributed by atoms with Gasteiger partial charge in [0, 0.05) is 44.0 Å². The van der Waals surface area contributed by atoms with E-state index in [2.05, 4.69) is 16.1 Å². The van der Waals surface area contributed by atoms with Crippen molar-refractivity contribution in [2.45, 2.75) is 33.2 Å². The van der Waals surface area contributed by atoms with Crippen LogP contribution >= 0.6 is 0 Å². The Hall–Kier alpha value is -3.43. The molecule has 1 fully saturated rings. The second kappa shape index (κ2) is 9.80. The minimum Gasteiger partial charge on any atom is -0.341 e. The van der Waals surface area contributed by atoms with E-state index in [9.17, 15) is 4.79 Å². The van der Waals surface area contributed by atoms with Gasteiger partial charge in [0.2, 0.25) is 5.91 Å². The number of nitrogens with zero attached hydrogens (tertiary/aromatic N) is 5. The Kier molecular flexibility index (Phi) is 6.67. The van der Waals surface area contributed by atoms with Crippen LogP contribution in [0.1, 0.15) is 34.5 Å². The number of carbonyl (C=O) groups excluding carboxylic acids is 1. The zero-order valence-corrected chi connectivity index (χ0v) is 18.8. The Morgan fingerprint density at radius 3 is 2.47 bits per heavy atom. The Balaban J connectivity index is 1.38. The van der Waals surface area contributed by atoms with E-state index in [0.29, 0.717) is 12.0 Å². The van der Waals surface area contributed by atoms with Crippen LogP contribution in [0.4, 0.5) is 0 Å². The maximum absolute atomic E-state index is 13.1. The summed E-state index contributed by atoms with van der Waals surface area (Å²) in [5, 5.41) is 13.7. The third-order valence-corrected chi connectivity index (χ3v) is 6.20. The van der Waals surface area contributed by atoms with Crippen LogP contribution in [-0.4, -0.2) is 51.7 Å². The van der Waals surface area contributed by atoms with Crippen molar-refractivity contribution in [1.82, 2.24) is 19.6 Å². The zero-order valence-electron chi connectivity index (χ0n) is 18.8. The molecule has 164 valence electrons. The number of hydrogen-bond donors (Lipinski definition) is 0. The highest BCUT2D eigenvalue weighted by Crippen LogP contribution is 2.20. The standard InChI is InChI=1S/C26H29N5O/c1-20-25(21(2)31(28-20)24-7-4-3-5-8-24)17-26(32)30-14-6-13-29(15-16-30)19-23-11-9-22(18-27)10-12-23/h3-5,7-12H,6,13-17,19H2,1-2H3. The highest BCUT2D eigenvalue weighted by molar-refractivity contribution is 5.79. The van der Waals surface area contributed by atoms with Gasteiger partial charge in [-0.3, -0.25) is 9.69 Å². The van der Waals surface area contributed by atoms with E-state index in [4.69, 9.17) is 5.26 Å². The summed E-state index contributed by atoms with van der Waals surface area (Å²) in [6, 6.07) is 20.0. The van der Waals surface area contributed by atoms with Crippen LogP contribution in [0.15, 0.2) is 54.6 Å². The number of aryl methyl sites for hydroxylation is 1. The van der Waals surface area contributed by atoms with Gasteiger partial charge in [0.05, 0.1) is 29.4 Å². The number of benzene rings is 2. The number of carbonyl (C=O) groups is 1. The van der Waals surface area contributed by atoms with Crippen LogP contribution in [0, 0.1) is 25.2 Å². The average Bonchev–Trinajstić information content (AvgIpc) is 2.97. The minimum absolute atomic E-state index is 0.170. The van der Waals surface area contributed by atoms with Crippen molar-refractivity contribution in [3.8, 4) is 11.8 Å². The summed E-state index contributed by atoms with van der Waals surface area (Å²) in [5.74, 6) is 0.170. The van der Waals surface area contributed by atoms with Gasteiger partial charge in [0.1, 0.15) is 0 Å². The first-order valence-corrected chi connectivity index (χ1v) is 11.1. The molecule has 32 heavy (non-hydrogen) atoms. The summed E-state index contributed by atoms with van der Waals surface area (Å²) in [6.07, 6.45) is 1.35. The van der Waals surface area contributed by atoms with Crippen molar-refractivity contribution in [2.75, 3.05) is 26.2 Å². The van der Waals surface area contributed by atoms with Gasteiger partial charge in [-0.2, -0.15) is 10.4 Å². The summed E-state index contributed by atoms with van der Waals surface area (Å²) >= 11 is 0. The summed E-state index contributed by atoms with van der Waals surface area (Å²) in [4.78, 5) is 17.5. The van der Waals surface area contributed by atoms with Crippen molar-refractivity contribution < 1.29 is 4.79 Å². The second-order valence-corrected chi connectivity index (χ2v) is 8.39. The first-order valence-electron chi connectivity index (χ1n) is 11.1. The average molecular weight is 428 g/mol. The Morgan fingerprint density at radius 1 is 1.00 bits per heavy atom. The molecular weight excluding hydrogens is 398 g/mol. The van der Waals surface area contributed by atoms with Gasteiger partial charge in [-0.25, -0.2) is 4.68 Å². The Bertz CT molecular complexity index is 1110. The van der Waals surface area contributed by atoms with Crippen LogP contribution < -0.4 is 0 Å². The molecule has 1 saturated heterocycles. The smallest absolute Gasteiger partial charge is 0.227 e. The van der Waals surface area contributed by atoms with Crippen LogP contribution in [0.5, 0.6) is 0 Å². The van der Waals surface area contributed by atoms with Gasteiger partial charge < -0.3 is 4.90 Å². The molecule has 4 rings (SSSR count). The van der Waals surface area contributed by atoms with Crippen LogP contribution in [-0.2, 0) is 17.8 Å². The number of amides is 1. The highest BCUT2D eigenvalue weighted by atomic mass is 16.2. The fourth-order valence-electron chi connectivity index (χ4n) is 4.34. The zero-order chi connectivity index (χ0) is 22.5. The minimum atomic E-state index is 0.170. The van der Waals surface area contributed by atoms with Gasteiger partial charge in [-0.1, -0.05) is 30.3 Å². The number of aromatic nitrogens is 2. The highest BCUT2D eigenvalue weighted by Gasteiger charge is 2.22. The summed E-state index contributed by atoms with van der Waals surface area (Å²) in [5.41, 5.74) is 5.86. The van der Waals surface area contributed by atoms with Crippen LogP contribution in [0.3, 0.4) is 0 Å². The summed E-state index contributed by atoms with van der Waals surface area (Å²) in [7, 11) is 0. The first-order chi connectivity index (χ1) is 15.5. The summed E-state index contributed by atoms with van der Waals surface area (Å²) < 4.78 is 1.93. The van der Waals surface area contributed by atoms with Crippen LogP contribution in [0.2, 0.25) is 0 Å². The molecule has 0 N–H and O–H groups in total. The van der Waals surface area contributed by atoms with Crippen molar-refractivity contribution in [1.29, 1.82) is 5.26 Å². The quantitative estimate of drug-likeness (QED) is 0.624. The normalized spacial score (nSPS) is 14.7. The molecule has 1 aromatic heterocycles. The van der Waals surface area contributed by atoms with Crippen molar-refractivity contribution in [3.05, 3.63) is 82.7 Å². The van der Waals surface area contributed by atoms with Crippen molar-refractivity contribution in [3.63, 3.8) is 0 Å². The molecule has 3 aromatic rings. The molecule has 0 radical (unpaired) electrons. The number of para-hydroxylation sites is 1. The molecule has 1 aliphatic heterocycles. The molecule has 0 bridgehead atoms. The molecule has 2 aromatic carbocycles. The fraction of sp³-hybridized carbons (Fsp3) is 0.346. The van der Waals surface area contributed by atoms with E-state index in [1.807, 2.05) is 78.0 Å². The third-order valence-electron chi connectivity index (χ3n) is 6.20. The predicted octanol–water partition coefficient (Wildman–Crippen LogP) is 3.64. The van der Waals surface area contributed by atoms with Crippen LogP contribution in [0.25, 0.3) is 5.69 Å². The van der Waals surface area contributed by atoms with Gasteiger partial charge in [0.15, 0.2) is 0 Å². The number of hydrogen-bond acceptors (Lipinski definition) is 4. The number of nitriles is 1. The molecule has 0 spiro atoms. The molecule has 0 aliphatic carbocycles. The lowest BCUT2D eigenvalue weighted by molar-refractivity contribution is -0.130. The van der Waals surface area contributed by atoms with Crippen molar-refractivity contribution >= 4 is 5.91 Å². The van der Waals surface area contributed by atoms with Gasteiger partial charge in [-0.05, 0) is 50.1 Å². The predicted molar refractivity (Wildman–Crippen MR) is 124 cm³/mol. The maximum Gasteiger partial charge on any atom is 0.227 e. The Labute approximate surface area is 189 Å². The van der Waals surface area contributed by atoms with Gasteiger partial charge in [0.25, 0.3) is 0 Å². The molecule has 2 heterocycles.